The standard InChI is InChI=1S/C19H13FN2O2/c20-13-7-4-8-14(11-13)21-18-17(24-19(23)22-18)16-10-3-6-12-5-1-2-9-15(12)16/h1-11,17H,(H,21,22,23). The Morgan fingerprint density at radius 2 is 1.79 bits per heavy atom. The van der Waals surface area contributed by atoms with Gasteiger partial charge in [-0.05, 0) is 29.0 Å². The van der Waals surface area contributed by atoms with Crippen molar-refractivity contribution in [1.82, 2.24) is 5.32 Å². The van der Waals surface area contributed by atoms with Crippen molar-refractivity contribution in [2.45, 2.75) is 6.10 Å². The van der Waals surface area contributed by atoms with E-state index < -0.39 is 12.2 Å². The zero-order valence-electron chi connectivity index (χ0n) is 12.6. The lowest BCUT2D eigenvalue weighted by Gasteiger charge is -2.12. The van der Waals surface area contributed by atoms with Crippen molar-refractivity contribution in [3.8, 4) is 0 Å². The number of alkyl carbamates (subject to hydrolysis) is 1. The Morgan fingerprint density at radius 3 is 2.67 bits per heavy atom. The van der Waals surface area contributed by atoms with Gasteiger partial charge in [-0.1, -0.05) is 48.5 Å². The lowest BCUT2D eigenvalue weighted by Crippen LogP contribution is -2.21. The topological polar surface area (TPSA) is 50.7 Å². The molecule has 1 heterocycles. The van der Waals surface area contributed by atoms with Gasteiger partial charge < -0.3 is 4.74 Å². The molecular weight excluding hydrogens is 307 g/mol. The van der Waals surface area contributed by atoms with Gasteiger partial charge in [0.15, 0.2) is 11.9 Å². The monoisotopic (exact) mass is 320 g/mol. The quantitative estimate of drug-likeness (QED) is 0.756. The Labute approximate surface area is 137 Å². The third kappa shape index (κ3) is 2.60. The van der Waals surface area contributed by atoms with Crippen molar-refractivity contribution < 1.29 is 13.9 Å². The number of nitrogens with zero attached hydrogens (tertiary/aromatic N) is 1. The smallest absolute Gasteiger partial charge is 0.413 e. The van der Waals surface area contributed by atoms with E-state index in [1.807, 2.05) is 42.5 Å². The van der Waals surface area contributed by atoms with Crippen LogP contribution in [0.4, 0.5) is 14.9 Å². The maximum Gasteiger partial charge on any atom is 0.413 e. The van der Waals surface area contributed by atoms with Crippen molar-refractivity contribution in [2.75, 3.05) is 0 Å². The first-order valence-corrected chi connectivity index (χ1v) is 7.50. The summed E-state index contributed by atoms with van der Waals surface area (Å²) < 4.78 is 18.8. The number of carbonyl (C=O) groups is 1. The zero-order chi connectivity index (χ0) is 16.5. The van der Waals surface area contributed by atoms with Crippen LogP contribution in [0.15, 0.2) is 71.7 Å². The molecule has 1 unspecified atom stereocenters. The summed E-state index contributed by atoms with van der Waals surface area (Å²) in [6.07, 6.45) is -1.21. The summed E-state index contributed by atoms with van der Waals surface area (Å²) in [6, 6.07) is 19.5. The molecule has 1 N–H and O–H groups in total. The molecule has 0 aliphatic carbocycles. The number of aliphatic imine (C=N–C) groups is 1. The molecule has 24 heavy (non-hydrogen) atoms. The number of amidine groups is 1. The van der Waals surface area contributed by atoms with Gasteiger partial charge in [0.1, 0.15) is 5.82 Å². The SMILES string of the molecule is O=C1NC(=Nc2cccc(F)c2)C(c2cccc3ccccc23)O1. The number of fused-ring (bicyclic) bond motifs is 1. The molecule has 1 atom stereocenters. The number of nitrogens with one attached hydrogen (secondary N) is 1. The molecule has 118 valence electrons. The van der Waals surface area contributed by atoms with E-state index in [9.17, 15) is 9.18 Å². The third-order valence-corrected chi connectivity index (χ3v) is 3.87. The third-order valence-electron chi connectivity index (χ3n) is 3.87. The summed E-state index contributed by atoms with van der Waals surface area (Å²) in [6.45, 7) is 0. The Kier molecular flexibility index (Phi) is 3.46. The highest BCUT2D eigenvalue weighted by atomic mass is 19.1. The van der Waals surface area contributed by atoms with Gasteiger partial charge in [-0.2, -0.15) is 0 Å². The molecule has 0 radical (unpaired) electrons. The lowest BCUT2D eigenvalue weighted by molar-refractivity contribution is 0.150. The number of halogens is 1. The van der Waals surface area contributed by atoms with Crippen LogP contribution in [-0.4, -0.2) is 11.9 Å². The van der Waals surface area contributed by atoms with E-state index in [2.05, 4.69) is 10.3 Å². The number of carbonyl (C=O) groups excluding carboxylic acids is 1. The first-order chi connectivity index (χ1) is 11.7. The molecule has 0 bridgehead atoms. The van der Waals surface area contributed by atoms with Crippen LogP contribution in [0.3, 0.4) is 0 Å². The second-order valence-corrected chi connectivity index (χ2v) is 5.46. The highest BCUT2D eigenvalue weighted by molar-refractivity contribution is 6.06. The Morgan fingerprint density at radius 1 is 1.00 bits per heavy atom. The lowest BCUT2D eigenvalue weighted by atomic mass is 10.00. The van der Waals surface area contributed by atoms with Gasteiger partial charge in [0.25, 0.3) is 0 Å². The summed E-state index contributed by atoms with van der Waals surface area (Å²) >= 11 is 0. The van der Waals surface area contributed by atoms with Gasteiger partial charge in [-0.15, -0.1) is 0 Å². The molecule has 1 aliphatic rings. The van der Waals surface area contributed by atoms with Gasteiger partial charge >= 0.3 is 6.09 Å². The number of hydrogen-bond donors (Lipinski definition) is 1. The maximum atomic E-state index is 13.4. The summed E-state index contributed by atoms with van der Waals surface area (Å²) in [5.41, 5.74) is 1.25. The fourth-order valence-electron chi connectivity index (χ4n) is 2.82. The van der Waals surface area contributed by atoms with Crippen molar-refractivity contribution in [3.05, 3.63) is 78.1 Å². The van der Waals surface area contributed by atoms with E-state index >= 15 is 0 Å². The molecule has 4 nitrogen and oxygen atoms in total. The predicted molar refractivity (Wildman–Crippen MR) is 89.8 cm³/mol. The minimum Gasteiger partial charge on any atom is -0.433 e. The van der Waals surface area contributed by atoms with Crippen LogP contribution in [0.1, 0.15) is 11.7 Å². The minimum atomic E-state index is -0.646. The Hall–Kier alpha value is -3.21. The van der Waals surface area contributed by atoms with E-state index in [4.69, 9.17) is 4.74 Å². The van der Waals surface area contributed by atoms with Crippen LogP contribution >= 0.6 is 0 Å². The number of cyclic esters (lactones) is 1. The average molecular weight is 320 g/mol. The Balaban J connectivity index is 1.82. The summed E-state index contributed by atoms with van der Waals surface area (Å²) in [5.74, 6) is -0.0363. The molecule has 0 spiro atoms. The van der Waals surface area contributed by atoms with Gasteiger partial charge in [0.2, 0.25) is 0 Å². The zero-order valence-corrected chi connectivity index (χ0v) is 12.6. The molecule has 1 saturated heterocycles. The fourth-order valence-corrected chi connectivity index (χ4v) is 2.82. The molecule has 4 rings (SSSR count). The normalized spacial score (nSPS) is 18.6. The van der Waals surface area contributed by atoms with E-state index in [-0.39, 0.29) is 5.82 Å². The second kappa shape index (κ2) is 5.77. The predicted octanol–water partition coefficient (Wildman–Crippen LogP) is 4.49. The van der Waals surface area contributed by atoms with Crippen molar-refractivity contribution in [2.24, 2.45) is 4.99 Å². The Bertz CT molecular complexity index is 963. The first kappa shape index (κ1) is 14.4. The summed E-state index contributed by atoms with van der Waals surface area (Å²) in [5, 5.41) is 4.63. The number of rotatable bonds is 2. The fraction of sp³-hybridized carbons (Fsp3) is 0.0526. The van der Waals surface area contributed by atoms with E-state index in [0.29, 0.717) is 11.5 Å². The highest BCUT2D eigenvalue weighted by Gasteiger charge is 2.32. The van der Waals surface area contributed by atoms with E-state index in [0.717, 1.165) is 16.3 Å². The van der Waals surface area contributed by atoms with Gasteiger partial charge in [-0.25, -0.2) is 14.2 Å². The van der Waals surface area contributed by atoms with Gasteiger partial charge in [0.05, 0.1) is 5.69 Å². The van der Waals surface area contributed by atoms with Gasteiger partial charge in [-0.3, -0.25) is 5.32 Å². The summed E-state index contributed by atoms with van der Waals surface area (Å²) in [4.78, 5) is 16.1. The molecule has 1 fully saturated rings. The number of amides is 1. The number of hydrogen-bond acceptors (Lipinski definition) is 3. The minimum absolute atomic E-state index is 0.349. The van der Waals surface area contributed by atoms with Crippen LogP contribution in [0, 0.1) is 5.82 Å². The molecular formula is C19H13FN2O2. The summed E-state index contributed by atoms with van der Waals surface area (Å²) in [7, 11) is 0. The van der Waals surface area contributed by atoms with Crippen molar-refractivity contribution in [1.29, 1.82) is 0 Å². The maximum absolute atomic E-state index is 13.4. The van der Waals surface area contributed by atoms with Crippen LogP contribution in [0.5, 0.6) is 0 Å². The molecule has 5 heteroatoms. The van der Waals surface area contributed by atoms with Crippen molar-refractivity contribution in [3.63, 3.8) is 0 Å². The van der Waals surface area contributed by atoms with E-state index in [1.54, 1.807) is 12.1 Å². The molecule has 1 amide bonds. The van der Waals surface area contributed by atoms with Gasteiger partial charge in [0, 0.05) is 5.56 Å². The second-order valence-electron chi connectivity index (χ2n) is 5.46. The van der Waals surface area contributed by atoms with Crippen LogP contribution in [0.25, 0.3) is 10.8 Å². The van der Waals surface area contributed by atoms with Crippen LogP contribution in [-0.2, 0) is 4.74 Å². The first-order valence-electron chi connectivity index (χ1n) is 7.50. The molecule has 3 aromatic rings. The number of ether oxygens (including phenoxy) is 1. The molecule has 3 aromatic carbocycles. The van der Waals surface area contributed by atoms with Crippen LogP contribution < -0.4 is 5.32 Å². The number of benzene rings is 3. The molecule has 0 aromatic heterocycles. The molecule has 0 saturated carbocycles. The average Bonchev–Trinajstić information content (AvgIpc) is 2.94. The molecule has 1 aliphatic heterocycles. The van der Waals surface area contributed by atoms with E-state index in [1.165, 1.54) is 12.1 Å². The largest absolute Gasteiger partial charge is 0.433 e. The highest BCUT2D eigenvalue weighted by Crippen LogP contribution is 2.31. The van der Waals surface area contributed by atoms with Crippen LogP contribution in [0.2, 0.25) is 0 Å². The van der Waals surface area contributed by atoms with Crippen molar-refractivity contribution >= 4 is 28.4 Å².